The van der Waals surface area contributed by atoms with Gasteiger partial charge in [0.05, 0.1) is 4.90 Å². The molecule has 3 heterocycles. The third-order valence-electron chi connectivity index (χ3n) is 7.25. The maximum atomic E-state index is 13.3. The molecule has 3 aromatic rings. The fourth-order valence-electron chi connectivity index (χ4n) is 5.13. The lowest BCUT2D eigenvalue weighted by molar-refractivity contribution is 0.0585. The highest BCUT2D eigenvalue weighted by Gasteiger charge is 2.33. The zero-order valence-electron chi connectivity index (χ0n) is 20.2. The third kappa shape index (κ3) is 5.58. The van der Waals surface area contributed by atoms with Crippen LogP contribution in [0.2, 0.25) is 0 Å². The number of hydrogen-bond donors (Lipinski definition) is 0. The molecule has 0 aliphatic carbocycles. The van der Waals surface area contributed by atoms with Gasteiger partial charge < -0.3 is 9.64 Å². The van der Waals surface area contributed by atoms with Crippen LogP contribution in [0.15, 0.2) is 78.0 Å². The molecule has 2 aromatic carbocycles. The molecule has 184 valence electrons. The Balaban J connectivity index is 1.14. The van der Waals surface area contributed by atoms with Gasteiger partial charge in [0.25, 0.3) is 0 Å². The van der Waals surface area contributed by atoms with Crippen molar-refractivity contribution >= 4 is 10.0 Å². The lowest BCUT2D eigenvalue weighted by Gasteiger charge is -2.41. The second kappa shape index (κ2) is 10.5. The Morgan fingerprint density at radius 2 is 1.34 bits per heavy atom. The van der Waals surface area contributed by atoms with Crippen molar-refractivity contribution in [2.24, 2.45) is 0 Å². The molecule has 5 rings (SSSR count). The fourth-order valence-corrected chi connectivity index (χ4v) is 6.60. The molecule has 2 fully saturated rings. The number of likely N-dealkylation sites (tertiary alicyclic amines) is 1. The van der Waals surface area contributed by atoms with E-state index in [1.165, 1.54) is 5.56 Å². The van der Waals surface area contributed by atoms with Crippen LogP contribution in [0.25, 0.3) is 11.1 Å². The average molecular weight is 492 g/mol. The number of sulfonamides is 1. The first-order valence-electron chi connectivity index (χ1n) is 12.5. The van der Waals surface area contributed by atoms with Crippen molar-refractivity contribution in [2.75, 3.05) is 26.2 Å². The standard InChI is InChI=1S/C28H33N3O3S/c1-22-2-4-23(5-3-22)24-6-8-28(9-7-24)35(32,33)31-20-12-25(13-21-31)30-18-14-27(15-19-30)34-26-10-16-29-17-11-26/h2-11,16-17,25,27H,12-15,18-21H2,1H3. The van der Waals surface area contributed by atoms with E-state index in [4.69, 9.17) is 4.74 Å². The molecule has 0 spiro atoms. The number of aryl methyl sites for hydroxylation is 1. The van der Waals surface area contributed by atoms with Crippen LogP contribution in [0.5, 0.6) is 5.75 Å². The van der Waals surface area contributed by atoms with Crippen molar-refractivity contribution in [2.45, 2.75) is 49.6 Å². The molecular weight excluding hydrogens is 458 g/mol. The summed E-state index contributed by atoms with van der Waals surface area (Å²) < 4.78 is 34.3. The Kier molecular flexibility index (Phi) is 7.18. The molecule has 0 N–H and O–H groups in total. The highest BCUT2D eigenvalue weighted by atomic mass is 32.2. The molecule has 0 unspecified atom stereocenters. The predicted octanol–water partition coefficient (Wildman–Crippen LogP) is 4.75. The number of hydrogen-bond acceptors (Lipinski definition) is 5. The Labute approximate surface area is 208 Å². The molecule has 0 radical (unpaired) electrons. The second-order valence-electron chi connectivity index (χ2n) is 9.56. The minimum atomic E-state index is -3.48. The quantitative estimate of drug-likeness (QED) is 0.498. The van der Waals surface area contributed by atoms with E-state index in [0.717, 1.165) is 55.6 Å². The minimum absolute atomic E-state index is 0.233. The van der Waals surface area contributed by atoms with Crippen LogP contribution in [-0.4, -0.2) is 60.9 Å². The van der Waals surface area contributed by atoms with Crippen LogP contribution >= 0.6 is 0 Å². The normalized spacial score (nSPS) is 19.0. The molecule has 0 bridgehead atoms. The molecule has 0 saturated carbocycles. The lowest BCUT2D eigenvalue weighted by atomic mass is 10.00. The number of pyridine rings is 1. The van der Waals surface area contributed by atoms with Crippen LogP contribution < -0.4 is 4.74 Å². The molecule has 7 heteroatoms. The minimum Gasteiger partial charge on any atom is -0.490 e. The first-order valence-corrected chi connectivity index (χ1v) is 13.9. The Morgan fingerprint density at radius 3 is 1.94 bits per heavy atom. The monoisotopic (exact) mass is 491 g/mol. The fraction of sp³-hybridized carbons (Fsp3) is 0.393. The van der Waals surface area contributed by atoms with Gasteiger partial charge in [-0.3, -0.25) is 4.98 Å². The van der Waals surface area contributed by atoms with Gasteiger partial charge >= 0.3 is 0 Å². The van der Waals surface area contributed by atoms with E-state index >= 15 is 0 Å². The summed E-state index contributed by atoms with van der Waals surface area (Å²) in [6, 6.07) is 19.8. The molecule has 2 aliphatic rings. The maximum Gasteiger partial charge on any atom is 0.243 e. The number of nitrogens with zero attached hydrogens (tertiary/aromatic N) is 3. The Bertz CT molecular complexity index is 1200. The van der Waals surface area contributed by atoms with Gasteiger partial charge in [-0.2, -0.15) is 4.31 Å². The highest BCUT2D eigenvalue weighted by molar-refractivity contribution is 7.89. The zero-order valence-corrected chi connectivity index (χ0v) is 21.0. The third-order valence-corrected chi connectivity index (χ3v) is 9.16. The van der Waals surface area contributed by atoms with Crippen molar-refractivity contribution in [3.63, 3.8) is 0 Å². The maximum absolute atomic E-state index is 13.3. The number of rotatable bonds is 6. The van der Waals surface area contributed by atoms with E-state index in [1.54, 1.807) is 28.8 Å². The van der Waals surface area contributed by atoms with Gasteiger partial charge in [0.1, 0.15) is 11.9 Å². The number of ether oxygens (including phenoxy) is 1. The molecule has 1 aromatic heterocycles. The molecule has 6 nitrogen and oxygen atoms in total. The number of piperidine rings is 2. The van der Waals surface area contributed by atoms with Crippen molar-refractivity contribution in [3.8, 4) is 16.9 Å². The first-order chi connectivity index (χ1) is 17.0. The van der Waals surface area contributed by atoms with Gasteiger partial charge in [0.2, 0.25) is 10.0 Å². The molecule has 35 heavy (non-hydrogen) atoms. The largest absolute Gasteiger partial charge is 0.490 e. The van der Waals surface area contributed by atoms with Crippen molar-refractivity contribution in [1.29, 1.82) is 0 Å². The van der Waals surface area contributed by atoms with Crippen LogP contribution in [0.4, 0.5) is 0 Å². The second-order valence-corrected chi connectivity index (χ2v) is 11.5. The van der Waals surface area contributed by atoms with Crippen LogP contribution in [0.3, 0.4) is 0 Å². The van der Waals surface area contributed by atoms with Crippen molar-refractivity contribution in [1.82, 2.24) is 14.2 Å². The summed E-state index contributed by atoms with van der Waals surface area (Å²) in [6.45, 7) is 5.19. The summed E-state index contributed by atoms with van der Waals surface area (Å²) in [4.78, 5) is 6.93. The summed E-state index contributed by atoms with van der Waals surface area (Å²) in [6.07, 6.45) is 7.47. The van der Waals surface area contributed by atoms with Gasteiger partial charge in [-0.25, -0.2) is 8.42 Å². The molecule has 2 saturated heterocycles. The van der Waals surface area contributed by atoms with E-state index in [2.05, 4.69) is 41.1 Å². The number of aromatic nitrogens is 1. The van der Waals surface area contributed by atoms with Crippen LogP contribution in [-0.2, 0) is 10.0 Å². The van der Waals surface area contributed by atoms with Crippen molar-refractivity contribution in [3.05, 3.63) is 78.6 Å². The van der Waals surface area contributed by atoms with Gasteiger partial charge in [-0.05, 0) is 68.0 Å². The zero-order chi connectivity index (χ0) is 24.3. The Morgan fingerprint density at radius 1 is 0.771 bits per heavy atom. The first kappa shape index (κ1) is 24.0. The average Bonchev–Trinajstić information content (AvgIpc) is 2.90. The van der Waals surface area contributed by atoms with Gasteiger partial charge in [-0.15, -0.1) is 0 Å². The van der Waals surface area contributed by atoms with E-state index in [0.29, 0.717) is 24.0 Å². The van der Waals surface area contributed by atoms with Crippen LogP contribution in [0, 0.1) is 6.92 Å². The smallest absolute Gasteiger partial charge is 0.243 e. The summed E-state index contributed by atoms with van der Waals surface area (Å²) in [5.41, 5.74) is 3.33. The lowest BCUT2D eigenvalue weighted by Crippen LogP contribution is -2.50. The van der Waals surface area contributed by atoms with Gasteiger partial charge in [0, 0.05) is 44.6 Å². The molecule has 0 atom stereocenters. The van der Waals surface area contributed by atoms with E-state index in [9.17, 15) is 8.42 Å². The predicted molar refractivity (Wildman–Crippen MR) is 138 cm³/mol. The van der Waals surface area contributed by atoms with Gasteiger partial charge in [-0.1, -0.05) is 42.0 Å². The molecular formula is C28H33N3O3S. The summed E-state index contributed by atoms with van der Waals surface area (Å²) in [5.74, 6) is 0.879. The summed E-state index contributed by atoms with van der Waals surface area (Å²) >= 11 is 0. The SMILES string of the molecule is Cc1ccc(-c2ccc(S(=O)(=O)N3CCC(N4CCC(Oc5ccncc5)CC4)CC3)cc2)cc1. The van der Waals surface area contributed by atoms with Crippen LogP contribution in [0.1, 0.15) is 31.2 Å². The summed E-state index contributed by atoms with van der Waals surface area (Å²) in [5, 5.41) is 0. The highest BCUT2D eigenvalue weighted by Crippen LogP contribution is 2.28. The Hall–Kier alpha value is -2.74. The van der Waals surface area contributed by atoms with E-state index in [1.807, 2.05) is 24.3 Å². The molecule has 2 aliphatic heterocycles. The van der Waals surface area contributed by atoms with E-state index in [-0.39, 0.29) is 6.10 Å². The van der Waals surface area contributed by atoms with E-state index < -0.39 is 10.0 Å². The molecule has 0 amide bonds. The topological polar surface area (TPSA) is 62.7 Å². The number of benzene rings is 2. The summed E-state index contributed by atoms with van der Waals surface area (Å²) in [7, 11) is -3.48. The van der Waals surface area contributed by atoms with Crippen molar-refractivity contribution < 1.29 is 13.2 Å². The van der Waals surface area contributed by atoms with Gasteiger partial charge in [0.15, 0.2) is 0 Å².